The first-order valence-electron chi connectivity index (χ1n) is 4.45. The number of hydrogen-bond acceptors (Lipinski definition) is 1. The average Bonchev–Trinajstić information content (AvgIpc) is 1.85. The van der Waals surface area contributed by atoms with Gasteiger partial charge in [0.2, 0.25) is 0 Å². The van der Waals surface area contributed by atoms with Crippen LogP contribution in [0, 0.1) is 0 Å². The number of rotatable bonds is 1. The van der Waals surface area contributed by atoms with Gasteiger partial charge in [-0.15, -0.1) is 0 Å². The summed E-state index contributed by atoms with van der Waals surface area (Å²) in [7, 11) is 2.31. The highest BCUT2D eigenvalue weighted by molar-refractivity contribution is 4.71. The molecule has 1 rings (SSSR count). The minimum atomic E-state index is 0.0863. The highest BCUT2D eigenvalue weighted by Crippen LogP contribution is 2.20. The van der Waals surface area contributed by atoms with Crippen molar-refractivity contribution in [3.8, 4) is 0 Å². The summed E-state index contributed by atoms with van der Waals surface area (Å²) in [5.74, 6) is 0. The molecule has 0 saturated carbocycles. The zero-order chi connectivity index (χ0) is 8.54. The normalized spacial score (nSPS) is 37.1. The van der Waals surface area contributed by atoms with Gasteiger partial charge in [0.25, 0.3) is 0 Å². The molecule has 0 bridgehead atoms. The number of likely N-dealkylation sites (N-methyl/N-ethyl adjacent to an activating group) is 1. The highest BCUT2D eigenvalue weighted by Gasteiger charge is 2.35. The molecule has 11 heavy (non-hydrogen) atoms. The second-order valence-electron chi connectivity index (χ2n) is 4.43. The molecule has 0 amide bonds. The first-order valence-corrected chi connectivity index (χ1v) is 4.45. The second kappa shape index (κ2) is 2.76. The largest absolute Gasteiger partial charge is 0.364 e. The molecule has 1 fully saturated rings. The summed E-state index contributed by atoms with van der Waals surface area (Å²) < 4.78 is 6.81. The van der Waals surface area contributed by atoms with Gasteiger partial charge >= 0.3 is 0 Å². The molecule has 0 aromatic carbocycles. The fraction of sp³-hybridized carbons (Fsp3) is 1.00. The van der Waals surface area contributed by atoms with Gasteiger partial charge in [-0.3, -0.25) is 0 Å². The highest BCUT2D eigenvalue weighted by atomic mass is 16.5. The van der Waals surface area contributed by atoms with E-state index in [-0.39, 0.29) is 5.60 Å². The van der Waals surface area contributed by atoms with Crippen molar-refractivity contribution in [2.24, 2.45) is 0 Å². The lowest BCUT2D eigenvalue weighted by atomic mass is 10.1. The summed E-state index contributed by atoms with van der Waals surface area (Å²) in [6.07, 6.45) is 0. The monoisotopic (exact) mass is 158 g/mol. The van der Waals surface area contributed by atoms with Crippen molar-refractivity contribution >= 4 is 0 Å². The standard InChI is InChI=1S/C9H20NO/c1-5-10(4)6-7-11-9(2,3)8-10/h5-8H2,1-4H3/q+1. The lowest BCUT2D eigenvalue weighted by Gasteiger charge is -2.44. The zero-order valence-corrected chi connectivity index (χ0v) is 8.18. The molecule has 66 valence electrons. The van der Waals surface area contributed by atoms with E-state index in [4.69, 9.17) is 4.74 Å². The van der Waals surface area contributed by atoms with Crippen LogP contribution in [0.2, 0.25) is 0 Å². The SMILES string of the molecule is CC[N+]1(C)CCOC(C)(C)C1. The molecule has 0 radical (unpaired) electrons. The minimum Gasteiger partial charge on any atom is -0.364 e. The van der Waals surface area contributed by atoms with Crippen molar-refractivity contribution in [1.82, 2.24) is 0 Å². The summed E-state index contributed by atoms with van der Waals surface area (Å²) >= 11 is 0. The molecule has 0 N–H and O–H groups in total. The van der Waals surface area contributed by atoms with E-state index in [2.05, 4.69) is 27.8 Å². The molecule has 1 aliphatic heterocycles. The Bertz CT molecular complexity index is 144. The van der Waals surface area contributed by atoms with Gasteiger partial charge in [-0.1, -0.05) is 0 Å². The smallest absolute Gasteiger partial charge is 0.112 e. The van der Waals surface area contributed by atoms with Crippen LogP contribution in [0.3, 0.4) is 0 Å². The Kier molecular flexibility index (Phi) is 2.26. The molecule has 1 atom stereocenters. The van der Waals surface area contributed by atoms with E-state index in [0.29, 0.717) is 0 Å². The van der Waals surface area contributed by atoms with Gasteiger partial charge in [0.15, 0.2) is 0 Å². The number of hydrogen-bond donors (Lipinski definition) is 0. The van der Waals surface area contributed by atoms with Gasteiger partial charge < -0.3 is 9.22 Å². The predicted octanol–water partition coefficient (Wildman–Crippen LogP) is 1.26. The van der Waals surface area contributed by atoms with Crippen molar-refractivity contribution in [3.05, 3.63) is 0 Å². The van der Waals surface area contributed by atoms with Crippen LogP contribution in [0.5, 0.6) is 0 Å². The van der Waals surface area contributed by atoms with Crippen LogP contribution in [0.15, 0.2) is 0 Å². The van der Waals surface area contributed by atoms with Crippen molar-refractivity contribution in [2.75, 3.05) is 33.3 Å². The number of quaternary nitrogens is 1. The van der Waals surface area contributed by atoms with E-state index in [9.17, 15) is 0 Å². The maximum absolute atomic E-state index is 5.65. The third kappa shape index (κ3) is 2.17. The summed E-state index contributed by atoms with van der Waals surface area (Å²) in [5, 5.41) is 0. The molecule has 2 nitrogen and oxygen atoms in total. The van der Waals surface area contributed by atoms with Gasteiger partial charge in [-0.05, 0) is 20.8 Å². The fourth-order valence-electron chi connectivity index (χ4n) is 1.86. The number of ether oxygens (including phenoxy) is 1. The van der Waals surface area contributed by atoms with E-state index in [1.54, 1.807) is 0 Å². The van der Waals surface area contributed by atoms with Gasteiger partial charge in [-0.2, -0.15) is 0 Å². The zero-order valence-electron chi connectivity index (χ0n) is 8.18. The second-order valence-corrected chi connectivity index (χ2v) is 4.43. The van der Waals surface area contributed by atoms with Crippen LogP contribution >= 0.6 is 0 Å². The molecule has 1 saturated heterocycles. The molecular weight excluding hydrogens is 138 g/mol. The van der Waals surface area contributed by atoms with Gasteiger partial charge in [0.05, 0.1) is 20.2 Å². The molecule has 2 heteroatoms. The Morgan fingerprint density at radius 3 is 2.45 bits per heavy atom. The van der Waals surface area contributed by atoms with E-state index in [1.165, 1.54) is 13.1 Å². The Balaban J connectivity index is 2.59. The minimum absolute atomic E-state index is 0.0863. The molecule has 0 aromatic heterocycles. The van der Waals surface area contributed by atoms with E-state index in [1.807, 2.05) is 0 Å². The summed E-state index contributed by atoms with van der Waals surface area (Å²) in [6, 6.07) is 0. The Labute approximate surface area is 69.7 Å². The summed E-state index contributed by atoms with van der Waals surface area (Å²) in [5.41, 5.74) is 0.0863. The quantitative estimate of drug-likeness (QED) is 0.522. The number of nitrogens with zero attached hydrogens (tertiary/aromatic N) is 1. The van der Waals surface area contributed by atoms with Crippen LogP contribution < -0.4 is 0 Å². The fourth-order valence-corrected chi connectivity index (χ4v) is 1.86. The van der Waals surface area contributed by atoms with Crippen LogP contribution in [-0.4, -0.2) is 43.4 Å². The Hall–Kier alpha value is -0.0800. The van der Waals surface area contributed by atoms with Crippen molar-refractivity contribution in [3.63, 3.8) is 0 Å². The lowest BCUT2D eigenvalue weighted by Crippen LogP contribution is -2.58. The lowest BCUT2D eigenvalue weighted by molar-refractivity contribution is -0.922. The van der Waals surface area contributed by atoms with Crippen LogP contribution in [-0.2, 0) is 4.74 Å². The van der Waals surface area contributed by atoms with Gasteiger partial charge in [0, 0.05) is 0 Å². The van der Waals surface area contributed by atoms with Crippen molar-refractivity contribution in [2.45, 2.75) is 26.4 Å². The van der Waals surface area contributed by atoms with Crippen LogP contribution in [0.1, 0.15) is 20.8 Å². The predicted molar refractivity (Wildman–Crippen MR) is 46.5 cm³/mol. The first kappa shape index (κ1) is 9.01. The third-order valence-electron chi connectivity index (χ3n) is 2.65. The van der Waals surface area contributed by atoms with E-state index >= 15 is 0 Å². The molecule has 0 aliphatic carbocycles. The summed E-state index contributed by atoms with van der Waals surface area (Å²) in [4.78, 5) is 0. The van der Waals surface area contributed by atoms with Crippen LogP contribution in [0.4, 0.5) is 0 Å². The molecular formula is C9H20NO+. The number of morpholine rings is 1. The van der Waals surface area contributed by atoms with E-state index < -0.39 is 0 Å². The maximum Gasteiger partial charge on any atom is 0.112 e. The van der Waals surface area contributed by atoms with E-state index in [0.717, 1.165) is 17.6 Å². The molecule has 1 heterocycles. The maximum atomic E-state index is 5.65. The molecule has 1 aliphatic rings. The van der Waals surface area contributed by atoms with Gasteiger partial charge in [0.1, 0.15) is 18.7 Å². The van der Waals surface area contributed by atoms with Gasteiger partial charge in [-0.25, -0.2) is 0 Å². The molecule has 0 spiro atoms. The average molecular weight is 158 g/mol. The first-order chi connectivity index (χ1) is 4.97. The topological polar surface area (TPSA) is 9.23 Å². The van der Waals surface area contributed by atoms with Crippen molar-refractivity contribution < 1.29 is 9.22 Å². The third-order valence-corrected chi connectivity index (χ3v) is 2.65. The molecule has 1 unspecified atom stereocenters. The Morgan fingerprint density at radius 1 is 1.45 bits per heavy atom. The Morgan fingerprint density at radius 2 is 2.09 bits per heavy atom. The summed E-state index contributed by atoms with van der Waals surface area (Å²) in [6.45, 7) is 11.0. The van der Waals surface area contributed by atoms with Crippen molar-refractivity contribution in [1.29, 1.82) is 0 Å². The molecule has 0 aromatic rings. The van der Waals surface area contributed by atoms with Crippen LogP contribution in [0.25, 0.3) is 0 Å².